The second-order valence-corrected chi connectivity index (χ2v) is 11.6. The van der Waals surface area contributed by atoms with Gasteiger partial charge < -0.3 is 0 Å². The summed E-state index contributed by atoms with van der Waals surface area (Å²) in [6.07, 6.45) is 0. The predicted octanol–water partition coefficient (Wildman–Crippen LogP) is 11.8. The van der Waals surface area contributed by atoms with E-state index in [0.29, 0.717) is 0 Å². The molecule has 0 saturated heterocycles. The van der Waals surface area contributed by atoms with Crippen LogP contribution < -0.4 is 0 Å². The van der Waals surface area contributed by atoms with Gasteiger partial charge in [-0.3, -0.25) is 0 Å². The van der Waals surface area contributed by atoms with Crippen molar-refractivity contribution in [2.75, 3.05) is 0 Å². The van der Waals surface area contributed by atoms with Gasteiger partial charge in [-0.25, -0.2) is 4.98 Å². The van der Waals surface area contributed by atoms with Gasteiger partial charge in [0.05, 0.1) is 11.4 Å². The van der Waals surface area contributed by atoms with Crippen molar-refractivity contribution in [3.05, 3.63) is 164 Å². The van der Waals surface area contributed by atoms with Gasteiger partial charge in [0.25, 0.3) is 0 Å². The van der Waals surface area contributed by atoms with E-state index in [1.54, 1.807) is 0 Å². The largest absolute Gasteiger partial charge is 0.248 e. The quantitative estimate of drug-likeness (QED) is 0.197. The van der Waals surface area contributed by atoms with E-state index in [9.17, 15) is 0 Å². The molecule has 8 aromatic carbocycles. The van der Waals surface area contributed by atoms with Gasteiger partial charge in [-0.2, -0.15) is 0 Å². The molecule has 9 rings (SSSR count). The number of hydrogen-bond acceptors (Lipinski definition) is 1. The Bertz CT molecular complexity index is 2520. The van der Waals surface area contributed by atoms with Gasteiger partial charge in [-0.05, 0) is 95.3 Å². The highest BCUT2D eigenvalue weighted by Gasteiger charge is 2.11. The van der Waals surface area contributed by atoms with E-state index in [4.69, 9.17) is 4.98 Å². The van der Waals surface area contributed by atoms with Crippen LogP contribution in [-0.2, 0) is 0 Å². The molecule has 0 aliphatic carbocycles. The molecule has 0 unspecified atom stereocenters. The van der Waals surface area contributed by atoms with Crippen LogP contribution in [-0.4, -0.2) is 4.98 Å². The summed E-state index contributed by atoms with van der Waals surface area (Å²) in [6, 6.07) is 59.1. The molecular formula is C43H27N. The highest BCUT2D eigenvalue weighted by Crippen LogP contribution is 2.37. The van der Waals surface area contributed by atoms with Crippen LogP contribution in [0.2, 0.25) is 0 Å². The Morgan fingerprint density at radius 1 is 0.273 bits per heavy atom. The van der Waals surface area contributed by atoms with E-state index in [0.717, 1.165) is 22.5 Å². The van der Waals surface area contributed by atoms with Crippen LogP contribution in [0, 0.1) is 0 Å². The fraction of sp³-hybridized carbons (Fsp3) is 0. The number of fused-ring (bicyclic) bond motifs is 8. The van der Waals surface area contributed by atoms with E-state index in [1.807, 2.05) is 0 Å². The van der Waals surface area contributed by atoms with Crippen LogP contribution in [0.1, 0.15) is 0 Å². The number of aromatic nitrogens is 1. The summed E-state index contributed by atoms with van der Waals surface area (Å²) in [5.74, 6) is 0. The van der Waals surface area contributed by atoms with E-state index in [2.05, 4.69) is 164 Å². The first-order valence-electron chi connectivity index (χ1n) is 15.1. The molecule has 9 aromatic rings. The van der Waals surface area contributed by atoms with Crippen molar-refractivity contribution < 1.29 is 0 Å². The van der Waals surface area contributed by atoms with Crippen LogP contribution in [0.25, 0.3) is 87.5 Å². The zero-order valence-corrected chi connectivity index (χ0v) is 24.0. The highest BCUT2D eigenvalue weighted by molar-refractivity contribution is 6.25. The maximum absolute atomic E-state index is 5.17. The smallest absolute Gasteiger partial charge is 0.0709 e. The van der Waals surface area contributed by atoms with Gasteiger partial charge in [-0.15, -0.1) is 0 Å². The molecule has 0 aliphatic heterocycles. The van der Waals surface area contributed by atoms with E-state index in [1.165, 1.54) is 65.0 Å². The Balaban J connectivity index is 1.12. The standard InChI is InChI=1S/C43H27N/c1-2-11-34-28(9-1)10-7-16-35(34)31-21-19-30-26-32(22-20-29(30)25-31)42-17-8-18-43(44-42)33-23-24-40-38-14-4-3-12-36(38)37-13-5-6-15-39(37)41(40)27-33/h1-27H. The molecule has 0 N–H and O–H groups in total. The molecule has 0 bridgehead atoms. The topological polar surface area (TPSA) is 12.9 Å². The van der Waals surface area contributed by atoms with Crippen molar-refractivity contribution in [3.8, 4) is 33.6 Å². The lowest BCUT2D eigenvalue weighted by atomic mass is 9.93. The molecule has 0 fully saturated rings. The first-order valence-corrected chi connectivity index (χ1v) is 15.1. The average Bonchev–Trinajstić information content (AvgIpc) is 3.11. The second kappa shape index (κ2) is 9.90. The molecule has 1 heterocycles. The van der Waals surface area contributed by atoms with Crippen LogP contribution in [0.5, 0.6) is 0 Å². The molecule has 1 aromatic heterocycles. The zero-order chi connectivity index (χ0) is 29.0. The molecule has 0 amide bonds. The van der Waals surface area contributed by atoms with Crippen molar-refractivity contribution in [3.63, 3.8) is 0 Å². The van der Waals surface area contributed by atoms with Crippen molar-refractivity contribution in [2.45, 2.75) is 0 Å². The normalized spacial score (nSPS) is 11.6. The minimum atomic E-state index is 0.978. The zero-order valence-electron chi connectivity index (χ0n) is 24.0. The van der Waals surface area contributed by atoms with Crippen molar-refractivity contribution in [1.82, 2.24) is 4.98 Å². The van der Waals surface area contributed by atoms with E-state index >= 15 is 0 Å². The minimum absolute atomic E-state index is 0.978. The first-order chi connectivity index (χ1) is 21.8. The molecule has 1 nitrogen and oxygen atoms in total. The van der Waals surface area contributed by atoms with Crippen molar-refractivity contribution >= 4 is 53.9 Å². The Morgan fingerprint density at radius 2 is 0.750 bits per heavy atom. The van der Waals surface area contributed by atoms with Gasteiger partial charge >= 0.3 is 0 Å². The summed E-state index contributed by atoms with van der Waals surface area (Å²) in [4.78, 5) is 5.17. The Hall–Kier alpha value is -5.79. The van der Waals surface area contributed by atoms with Gasteiger partial charge in [-0.1, -0.05) is 133 Å². The number of pyridine rings is 1. The Kier molecular flexibility index (Phi) is 5.57. The van der Waals surface area contributed by atoms with Gasteiger partial charge in [0.1, 0.15) is 0 Å². The summed E-state index contributed by atoms with van der Waals surface area (Å²) < 4.78 is 0. The summed E-state index contributed by atoms with van der Waals surface area (Å²) >= 11 is 0. The van der Waals surface area contributed by atoms with Crippen LogP contribution >= 0.6 is 0 Å². The third kappa shape index (κ3) is 3.98. The van der Waals surface area contributed by atoms with Crippen LogP contribution in [0.3, 0.4) is 0 Å². The molecule has 0 spiro atoms. The number of benzene rings is 8. The van der Waals surface area contributed by atoms with E-state index < -0.39 is 0 Å². The fourth-order valence-corrected chi connectivity index (χ4v) is 6.87. The summed E-state index contributed by atoms with van der Waals surface area (Å²) in [5, 5.41) is 12.7. The average molecular weight is 558 g/mol. The lowest BCUT2D eigenvalue weighted by molar-refractivity contribution is 1.33. The maximum atomic E-state index is 5.17. The second-order valence-electron chi connectivity index (χ2n) is 11.6. The predicted molar refractivity (Wildman–Crippen MR) is 188 cm³/mol. The number of rotatable bonds is 3. The summed E-state index contributed by atoms with van der Waals surface area (Å²) in [5.41, 5.74) is 6.70. The molecule has 44 heavy (non-hydrogen) atoms. The maximum Gasteiger partial charge on any atom is 0.0709 e. The number of hydrogen-bond donors (Lipinski definition) is 0. The SMILES string of the molecule is c1cc(-c2ccc3cc(-c4cccc5ccccc45)ccc3c2)nc(-c2ccc3c4ccccc4c4ccccc4c3c2)c1. The molecule has 204 valence electrons. The first kappa shape index (κ1) is 24.8. The molecule has 0 atom stereocenters. The van der Waals surface area contributed by atoms with E-state index in [-0.39, 0.29) is 0 Å². The molecule has 1 heteroatoms. The summed E-state index contributed by atoms with van der Waals surface area (Å²) in [6.45, 7) is 0. The minimum Gasteiger partial charge on any atom is -0.248 e. The third-order valence-electron chi connectivity index (χ3n) is 9.03. The molecule has 0 aliphatic rings. The lowest BCUT2D eigenvalue weighted by Crippen LogP contribution is -1.89. The molecular weight excluding hydrogens is 530 g/mol. The van der Waals surface area contributed by atoms with Gasteiger partial charge in [0, 0.05) is 11.1 Å². The van der Waals surface area contributed by atoms with Crippen molar-refractivity contribution in [1.29, 1.82) is 0 Å². The highest BCUT2D eigenvalue weighted by atomic mass is 14.7. The number of nitrogens with zero attached hydrogens (tertiary/aromatic N) is 1. The third-order valence-corrected chi connectivity index (χ3v) is 9.03. The lowest BCUT2D eigenvalue weighted by Gasteiger charge is -2.12. The van der Waals surface area contributed by atoms with Gasteiger partial charge in [0.15, 0.2) is 0 Å². The van der Waals surface area contributed by atoms with Crippen molar-refractivity contribution in [2.24, 2.45) is 0 Å². The fourth-order valence-electron chi connectivity index (χ4n) is 6.87. The monoisotopic (exact) mass is 557 g/mol. The van der Waals surface area contributed by atoms with Crippen LogP contribution in [0.4, 0.5) is 0 Å². The van der Waals surface area contributed by atoms with Gasteiger partial charge in [0.2, 0.25) is 0 Å². The summed E-state index contributed by atoms with van der Waals surface area (Å²) in [7, 11) is 0. The molecule has 0 saturated carbocycles. The Labute approximate surface area is 255 Å². The van der Waals surface area contributed by atoms with Crippen LogP contribution in [0.15, 0.2) is 164 Å². The Morgan fingerprint density at radius 3 is 1.45 bits per heavy atom. The molecule has 0 radical (unpaired) electrons.